The molecule has 0 aliphatic heterocycles. The minimum absolute atomic E-state index is 0. The van der Waals surface area contributed by atoms with Gasteiger partial charge in [-0.2, -0.15) is 0 Å². The third-order valence-electron chi connectivity index (χ3n) is 13.6. The van der Waals surface area contributed by atoms with E-state index in [1.807, 2.05) is 27.7 Å². The minimum atomic E-state index is -0.324. The van der Waals surface area contributed by atoms with Crippen molar-refractivity contribution < 1.29 is 20.4 Å². The first-order valence-corrected chi connectivity index (χ1v) is 21.4. The molecule has 4 saturated carbocycles. The van der Waals surface area contributed by atoms with E-state index in [-0.39, 0.29) is 70.0 Å². The van der Waals surface area contributed by atoms with Crippen molar-refractivity contribution in [2.24, 2.45) is 21.7 Å². The molecule has 4 unspecified atom stereocenters. The number of hydrogen-bond acceptors (Lipinski definition) is 4. The molecule has 0 heterocycles. The van der Waals surface area contributed by atoms with E-state index in [4.69, 9.17) is 0 Å². The quantitative estimate of drug-likeness (QED) is 0.181. The van der Waals surface area contributed by atoms with Crippen LogP contribution in [0.5, 0.6) is 0 Å². The molecule has 0 bridgehead atoms. The summed E-state index contributed by atoms with van der Waals surface area (Å²) in [6, 6.07) is 0. The van der Waals surface area contributed by atoms with Crippen LogP contribution in [0.1, 0.15) is 235 Å². The van der Waals surface area contributed by atoms with Crippen molar-refractivity contribution in [3.8, 4) is 0 Å². The Morgan fingerprint density at radius 1 is 0.306 bits per heavy atom. The van der Waals surface area contributed by atoms with Gasteiger partial charge in [0.2, 0.25) is 0 Å². The molecule has 0 N–H and O–H groups in total. The predicted molar refractivity (Wildman–Crippen MR) is 205 cm³/mol. The maximum Gasteiger partial charge on any atom is 4.00 e. The summed E-state index contributed by atoms with van der Waals surface area (Å²) in [5, 5.41) is 46.9. The molecule has 0 amide bonds. The number of hydrogen-bond donors (Lipinski definition) is 0. The summed E-state index contributed by atoms with van der Waals surface area (Å²) in [7, 11) is 0. The Kier molecular flexibility index (Phi) is 26.8. The van der Waals surface area contributed by atoms with Crippen LogP contribution in [0.3, 0.4) is 0 Å². The van der Waals surface area contributed by atoms with Crippen LogP contribution in [-0.4, -0.2) is 48.3 Å². The first kappa shape index (κ1) is 49.6. The first-order chi connectivity index (χ1) is 22.8. The standard InChI is InChI=1S/4C11H21O.Sn/c4*1-3-10(12)11(2)8-6-4-5-7-9-11;/h4*10H,3-9H2,1-2H3;/q4*-1;+4. The maximum absolute atomic E-state index is 11.7. The van der Waals surface area contributed by atoms with Gasteiger partial charge in [0, 0.05) is 0 Å². The van der Waals surface area contributed by atoms with E-state index in [1.165, 1.54) is 103 Å². The van der Waals surface area contributed by atoms with E-state index in [9.17, 15) is 20.4 Å². The van der Waals surface area contributed by atoms with Crippen molar-refractivity contribution >= 4 is 23.9 Å². The minimum Gasteiger partial charge on any atom is -0.852 e. The van der Waals surface area contributed by atoms with E-state index in [0.717, 1.165) is 77.0 Å². The van der Waals surface area contributed by atoms with Gasteiger partial charge in [-0.25, -0.2) is 0 Å². The Hall–Kier alpha value is 0.639. The molecule has 0 radical (unpaired) electrons. The van der Waals surface area contributed by atoms with Crippen molar-refractivity contribution in [2.75, 3.05) is 0 Å². The van der Waals surface area contributed by atoms with Crippen LogP contribution in [-0.2, 0) is 0 Å². The molecule has 288 valence electrons. The molecule has 0 aromatic carbocycles. The van der Waals surface area contributed by atoms with Crippen LogP contribution in [0.4, 0.5) is 0 Å². The van der Waals surface area contributed by atoms with Crippen molar-refractivity contribution in [1.82, 2.24) is 0 Å². The molecule has 4 aliphatic rings. The molecule has 0 aromatic heterocycles. The van der Waals surface area contributed by atoms with Gasteiger partial charge < -0.3 is 20.4 Å². The zero-order chi connectivity index (χ0) is 36.1. The van der Waals surface area contributed by atoms with Crippen LogP contribution < -0.4 is 20.4 Å². The van der Waals surface area contributed by atoms with Gasteiger partial charge in [0.05, 0.1) is 0 Å². The van der Waals surface area contributed by atoms with Crippen molar-refractivity contribution in [3.63, 3.8) is 0 Å². The van der Waals surface area contributed by atoms with Gasteiger partial charge in [-0.3, -0.25) is 0 Å². The van der Waals surface area contributed by atoms with Crippen molar-refractivity contribution in [1.29, 1.82) is 0 Å². The third-order valence-corrected chi connectivity index (χ3v) is 13.6. The van der Waals surface area contributed by atoms with Crippen LogP contribution >= 0.6 is 0 Å². The summed E-state index contributed by atoms with van der Waals surface area (Å²) >= 11 is 0. The fourth-order valence-corrected chi connectivity index (χ4v) is 9.40. The topological polar surface area (TPSA) is 92.2 Å². The van der Waals surface area contributed by atoms with Gasteiger partial charge in [-0.15, -0.1) is 24.4 Å². The summed E-state index contributed by atoms with van der Waals surface area (Å²) in [5.41, 5.74) is 0.465. The third kappa shape index (κ3) is 18.0. The Labute approximate surface area is 324 Å². The molecule has 0 spiro atoms. The zero-order valence-corrected chi connectivity index (χ0v) is 37.1. The molecule has 4 rings (SSSR count). The summed E-state index contributed by atoms with van der Waals surface area (Å²) in [5.74, 6) is 0. The molecule has 4 fully saturated rings. The van der Waals surface area contributed by atoms with Crippen molar-refractivity contribution in [3.05, 3.63) is 0 Å². The number of rotatable bonds is 8. The molecule has 4 atom stereocenters. The second kappa shape index (κ2) is 26.4. The molecule has 0 aromatic rings. The maximum atomic E-state index is 11.7. The summed E-state index contributed by atoms with van der Waals surface area (Å²) in [6.07, 6.45) is 32.1. The Bertz CT molecular complexity index is 627. The van der Waals surface area contributed by atoms with E-state index >= 15 is 0 Å². The fourth-order valence-electron chi connectivity index (χ4n) is 9.40. The smallest absolute Gasteiger partial charge is 0.852 e. The van der Waals surface area contributed by atoms with Gasteiger partial charge in [-0.05, 0) is 73.0 Å². The molecule has 5 heteroatoms. The van der Waals surface area contributed by atoms with Crippen LogP contribution in [0.15, 0.2) is 0 Å². The Morgan fingerprint density at radius 2 is 0.429 bits per heavy atom. The van der Waals surface area contributed by atoms with Crippen LogP contribution in [0, 0.1) is 21.7 Å². The SMILES string of the molecule is CCC([O-])C1(C)CCCCCC1.CCC([O-])C1(C)CCCCCC1.CCC([O-])C1(C)CCCCCC1.CCC([O-])C1(C)CCCCCC1.[Sn+4]. The molecule has 0 saturated heterocycles. The van der Waals surface area contributed by atoms with E-state index in [1.54, 1.807) is 0 Å². The van der Waals surface area contributed by atoms with E-state index < -0.39 is 0 Å². The largest absolute Gasteiger partial charge is 4.00 e. The molecule has 49 heavy (non-hydrogen) atoms. The van der Waals surface area contributed by atoms with Gasteiger partial charge in [0.15, 0.2) is 0 Å². The van der Waals surface area contributed by atoms with E-state index in [2.05, 4.69) is 27.7 Å². The average Bonchev–Trinajstić information content (AvgIpc) is 3.65. The summed E-state index contributed by atoms with van der Waals surface area (Å²) in [6.45, 7) is 16.9. The molecular weight excluding hydrogens is 711 g/mol. The summed E-state index contributed by atoms with van der Waals surface area (Å²) in [4.78, 5) is 0. The Morgan fingerprint density at radius 3 is 0.531 bits per heavy atom. The second-order valence-electron chi connectivity index (χ2n) is 17.9. The van der Waals surface area contributed by atoms with Crippen LogP contribution in [0.2, 0.25) is 0 Å². The zero-order valence-electron chi connectivity index (χ0n) is 34.2. The van der Waals surface area contributed by atoms with Gasteiger partial charge in [0.25, 0.3) is 0 Å². The first-order valence-electron chi connectivity index (χ1n) is 21.4. The van der Waals surface area contributed by atoms with Gasteiger partial charge in [-0.1, -0.05) is 184 Å². The van der Waals surface area contributed by atoms with E-state index in [0.29, 0.717) is 0 Å². The van der Waals surface area contributed by atoms with Crippen molar-refractivity contribution in [2.45, 2.75) is 260 Å². The van der Waals surface area contributed by atoms with Crippen LogP contribution in [0.25, 0.3) is 0 Å². The average molecular weight is 796 g/mol. The normalized spacial score (nSPS) is 25.7. The molecular formula is C44H84O4Sn. The van der Waals surface area contributed by atoms with Gasteiger partial charge >= 0.3 is 23.9 Å². The fraction of sp³-hybridized carbons (Fsp3) is 1.00. The summed E-state index contributed by atoms with van der Waals surface area (Å²) < 4.78 is 0. The second-order valence-corrected chi connectivity index (χ2v) is 17.9. The monoisotopic (exact) mass is 797 g/mol. The molecule has 4 aliphatic carbocycles. The van der Waals surface area contributed by atoms with Gasteiger partial charge in [0.1, 0.15) is 0 Å². The predicted octanol–water partition coefficient (Wildman–Crippen LogP) is 9.56. The molecule has 4 nitrogen and oxygen atoms in total. The Balaban J connectivity index is 0.000000623.